The van der Waals surface area contributed by atoms with E-state index in [-0.39, 0.29) is 0 Å². The zero-order valence-electron chi connectivity index (χ0n) is 14.5. The third-order valence-corrected chi connectivity index (χ3v) is 3.68. The molecule has 1 aliphatic heterocycles. The van der Waals surface area contributed by atoms with Gasteiger partial charge >= 0.3 is 0 Å². The van der Waals surface area contributed by atoms with E-state index < -0.39 is 0 Å². The average Bonchev–Trinajstić information content (AvgIpc) is 2.51. The molecular formula is C18H29NO4. The van der Waals surface area contributed by atoms with Gasteiger partial charge in [0.05, 0.1) is 32.0 Å². The van der Waals surface area contributed by atoms with Gasteiger partial charge in [-0.2, -0.15) is 0 Å². The molecule has 1 saturated heterocycles. The first kappa shape index (κ1) is 18.0. The highest BCUT2D eigenvalue weighted by molar-refractivity contribution is 5.31. The highest BCUT2D eigenvalue weighted by Gasteiger charge is 2.21. The van der Waals surface area contributed by atoms with Crippen molar-refractivity contribution in [2.24, 2.45) is 0 Å². The predicted molar refractivity (Wildman–Crippen MR) is 90.4 cm³/mol. The van der Waals surface area contributed by atoms with Crippen molar-refractivity contribution in [1.29, 1.82) is 0 Å². The van der Waals surface area contributed by atoms with Gasteiger partial charge in [-0.15, -0.1) is 0 Å². The molecule has 0 spiro atoms. The normalized spacial score (nSPS) is 22.0. The number of ether oxygens (including phenoxy) is 4. The second kappa shape index (κ2) is 9.75. The van der Waals surface area contributed by atoms with Crippen LogP contribution in [0.5, 0.6) is 11.5 Å². The van der Waals surface area contributed by atoms with Crippen LogP contribution in [0.25, 0.3) is 0 Å². The number of rotatable bonds is 9. The molecule has 1 aromatic carbocycles. The van der Waals surface area contributed by atoms with Gasteiger partial charge in [0, 0.05) is 19.6 Å². The lowest BCUT2D eigenvalue weighted by Gasteiger charge is -2.35. The fourth-order valence-electron chi connectivity index (χ4n) is 2.78. The molecule has 0 saturated carbocycles. The number of hydrogen-bond acceptors (Lipinski definition) is 5. The molecule has 23 heavy (non-hydrogen) atoms. The Bertz CT molecular complexity index is 427. The quantitative estimate of drug-likeness (QED) is 0.653. The Morgan fingerprint density at radius 1 is 0.957 bits per heavy atom. The van der Waals surface area contributed by atoms with E-state index in [4.69, 9.17) is 18.9 Å². The Balaban J connectivity index is 1.53. The van der Waals surface area contributed by atoms with E-state index in [9.17, 15) is 0 Å². The topological polar surface area (TPSA) is 40.2 Å². The van der Waals surface area contributed by atoms with E-state index in [1.807, 2.05) is 31.2 Å². The van der Waals surface area contributed by atoms with Gasteiger partial charge in [-0.25, -0.2) is 0 Å². The van der Waals surface area contributed by atoms with Crippen LogP contribution in [0.15, 0.2) is 24.3 Å². The molecule has 0 aliphatic carbocycles. The van der Waals surface area contributed by atoms with Crippen LogP contribution in [0.2, 0.25) is 0 Å². The number of hydrogen-bond donors (Lipinski definition) is 0. The first-order valence-corrected chi connectivity index (χ1v) is 8.48. The minimum absolute atomic E-state index is 0.307. The summed E-state index contributed by atoms with van der Waals surface area (Å²) in [6.07, 6.45) is 0.614. The maximum absolute atomic E-state index is 5.72. The maximum atomic E-state index is 5.72. The van der Waals surface area contributed by atoms with Crippen molar-refractivity contribution in [2.45, 2.75) is 33.0 Å². The van der Waals surface area contributed by atoms with Crippen molar-refractivity contribution in [3.8, 4) is 11.5 Å². The van der Waals surface area contributed by atoms with Crippen molar-refractivity contribution >= 4 is 0 Å². The van der Waals surface area contributed by atoms with Crippen molar-refractivity contribution in [3.05, 3.63) is 24.3 Å². The maximum Gasteiger partial charge on any atom is 0.119 e. The molecule has 2 rings (SSSR count). The van der Waals surface area contributed by atoms with Crippen molar-refractivity contribution in [2.75, 3.05) is 46.1 Å². The molecule has 0 unspecified atom stereocenters. The van der Waals surface area contributed by atoms with Gasteiger partial charge in [0.1, 0.15) is 18.1 Å². The van der Waals surface area contributed by atoms with Crippen LogP contribution in [0.4, 0.5) is 0 Å². The highest BCUT2D eigenvalue weighted by Crippen LogP contribution is 2.17. The number of morpholine rings is 1. The van der Waals surface area contributed by atoms with Crippen LogP contribution in [0.1, 0.15) is 20.8 Å². The van der Waals surface area contributed by atoms with Gasteiger partial charge in [-0.3, -0.25) is 4.90 Å². The SMILES string of the molecule is CCOc1ccc(OCCOCCN2C[C@@H](C)O[C@@H](C)C2)cc1. The molecule has 0 N–H and O–H groups in total. The van der Waals surface area contributed by atoms with E-state index in [1.54, 1.807) is 0 Å². The lowest BCUT2D eigenvalue weighted by Crippen LogP contribution is -2.46. The van der Waals surface area contributed by atoms with Gasteiger partial charge < -0.3 is 18.9 Å². The van der Waals surface area contributed by atoms with Crippen LogP contribution in [0.3, 0.4) is 0 Å². The van der Waals surface area contributed by atoms with Crippen LogP contribution in [-0.2, 0) is 9.47 Å². The zero-order valence-corrected chi connectivity index (χ0v) is 14.5. The molecule has 5 heteroatoms. The average molecular weight is 323 g/mol. The van der Waals surface area contributed by atoms with Gasteiger partial charge in [-0.05, 0) is 45.0 Å². The van der Waals surface area contributed by atoms with Gasteiger partial charge in [0.2, 0.25) is 0 Å². The van der Waals surface area contributed by atoms with E-state index in [0.29, 0.717) is 32.0 Å². The molecular weight excluding hydrogens is 294 g/mol. The van der Waals surface area contributed by atoms with Crippen molar-refractivity contribution < 1.29 is 18.9 Å². The summed E-state index contributed by atoms with van der Waals surface area (Å²) < 4.78 is 22.4. The summed E-state index contributed by atoms with van der Waals surface area (Å²) in [6, 6.07) is 7.67. The van der Waals surface area contributed by atoms with Gasteiger partial charge in [-0.1, -0.05) is 0 Å². The fraction of sp³-hybridized carbons (Fsp3) is 0.667. The molecule has 0 bridgehead atoms. The van der Waals surface area contributed by atoms with E-state index in [0.717, 1.165) is 37.7 Å². The lowest BCUT2D eigenvalue weighted by molar-refractivity contribution is -0.0734. The molecule has 0 amide bonds. The largest absolute Gasteiger partial charge is 0.494 e. The predicted octanol–water partition coefficient (Wildman–Crippen LogP) is 2.59. The van der Waals surface area contributed by atoms with Crippen LogP contribution in [-0.4, -0.2) is 63.2 Å². The number of nitrogens with zero attached hydrogens (tertiary/aromatic N) is 1. The standard InChI is InChI=1S/C18H29NO4/c1-4-21-17-5-7-18(8-6-17)22-12-11-20-10-9-19-13-15(2)23-16(3)14-19/h5-8,15-16H,4,9-14H2,1-3H3/t15-,16+. The third kappa shape index (κ3) is 6.77. The van der Waals surface area contributed by atoms with Crippen LogP contribution in [0, 0.1) is 0 Å². The molecule has 1 fully saturated rings. The molecule has 0 radical (unpaired) electrons. The zero-order chi connectivity index (χ0) is 16.5. The first-order valence-electron chi connectivity index (χ1n) is 8.48. The van der Waals surface area contributed by atoms with Gasteiger partial charge in [0.25, 0.3) is 0 Å². The third-order valence-electron chi connectivity index (χ3n) is 3.68. The minimum Gasteiger partial charge on any atom is -0.494 e. The Labute approximate surface area is 139 Å². The molecule has 130 valence electrons. The molecule has 1 aliphatic rings. The highest BCUT2D eigenvalue weighted by atomic mass is 16.5. The Morgan fingerprint density at radius 3 is 2.17 bits per heavy atom. The van der Waals surface area contributed by atoms with E-state index in [2.05, 4.69) is 18.7 Å². The Hall–Kier alpha value is -1.30. The fourth-order valence-corrected chi connectivity index (χ4v) is 2.78. The van der Waals surface area contributed by atoms with Crippen molar-refractivity contribution in [1.82, 2.24) is 4.90 Å². The summed E-state index contributed by atoms with van der Waals surface area (Å²) in [6.45, 7) is 11.7. The molecule has 1 aromatic rings. The summed E-state index contributed by atoms with van der Waals surface area (Å²) in [5, 5.41) is 0. The summed E-state index contributed by atoms with van der Waals surface area (Å²) in [4.78, 5) is 2.39. The first-order chi connectivity index (χ1) is 11.2. The summed E-state index contributed by atoms with van der Waals surface area (Å²) in [5.74, 6) is 1.71. The van der Waals surface area contributed by atoms with Crippen LogP contribution >= 0.6 is 0 Å². The Kier molecular flexibility index (Phi) is 7.65. The van der Waals surface area contributed by atoms with Gasteiger partial charge in [0.15, 0.2) is 0 Å². The summed E-state index contributed by atoms with van der Waals surface area (Å²) in [7, 11) is 0. The molecule has 2 atom stereocenters. The minimum atomic E-state index is 0.307. The lowest BCUT2D eigenvalue weighted by atomic mass is 10.2. The monoisotopic (exact) mass is 323 g/mol. The van der Waals surface area contributed by atoms with Crippen molar-refractivity contribution in [3.63, 3.8) is 0 Å². The smallest absolute Gasteiger partial charge is 0.119 e. The summed E-state index contributed by atoms with van der Waals surface area (Å²) >= 11 is 0. The number of benzene rings is 1. The van der Waals surface area contributed by atoms with Crippen LogP contribution < -0.4 is 9.47 Å². The molecule has 1 heterocycles. The second-order valence-corrected chi connectivity index (χ2v) is 5.88. The van der Waals surface area contributed by atoms with E-state index >= 15 is 0 Å². The molecule has 0 aromatic heterocycles. The summed E-state index contributed by atoms with van der Waals surface area (Å²) in [5.41, 5.74) is 0. The molecule has 5 nitrogen and oxygen atoms in total. The van der Waals surface area contributed by atoms with E-state index in [1.165, 1.54) is 0 Å². The second-order valence-electron chi connectivity index (χ2n) is 5.88. The Morgan fingerprint density at radius 2 is 1.57 bits per heavy atom.